The predicted octanol–water partition coefficient (Wildman–Crippen LogP) is 3.39. The van der Waals surface area contributed by atoms with E-state index in [-0.39, 0.29) is 55.2 Å². The Kier molecular flexibility index (Phi) is 7.81. The van der Waals surface area contributed by atoms with Crippen molar-refractivity contribution in [2.24, 2.45) is 0 Å². The molecule has 3 aromatic rings. The molecule has 1 aliphatic heterocycles. The molecule has 1 aromatic heterocycles. The molecule has 0 spiro atoms. The number of benzene rings is 2. The van der Waals surface area contributed by atoms with Crippen molar-refractivity contribution in [1.29, 1.82) is 0 Å². The Morgan fingerprint density at radius 3 is 2.23 bits per heavy atom. The first kappa shape index (κ1) is 27.6. The molecule has 1 aliphatic carbocycles. The van der Waals surface area contributed by atoms with Crippen LogP contribution in [0.15, 0.2) is 53.5 Å². The number of sulfonamides is 1. The molecule has 5 rings (SSSR count). The summed E-state index contributed by atoms with van der Waals surface area (Å²) in [5.41, 5.74) is -0.0436. The van der Waals surface area contributed by atoms with E-state index in [1.54, 1.807) is 0 Å². The zero-order valence-electron chi connectivity index (χ0n) is 21.4. The number of halogens is 2. The Labute approximate surface area is 228 Å². The monoisotopic (exact) mass is 575 g/mol. The minimum absolute atomic E-state index is 0.00811. The molecule has 0 amide bonds. The van der Waals surface area contributed by atoms with Crippen LogP contribution in [0.1, 0.15) is 31.2 Å². The standard InChI is InChI=1S/C26H27F2N5O6S/c27-19-13-20(28)15-22(14-19)32-26(34)25(39-23-3-1-2-4-23)24(16-29-32)30-9-11-31(12-10-30)40(37,38)17-18-5-7-21(8-6-18)33(35)36/h5-8,13-16,23H,1-4,9-12,17H2. The average molecular weight is 576 g/mol. The van der Waals surface area contributed by atoms with Crippen LogP contribution in [0.25, 0.3) is 5.69 Å². The third kappa shape index (κ3) is 5.97. The first-order chi connectivity index (χ1) is 19.1. The quantitative estimate of drug-likeness (QED) is 0.295. The Morgan fingerprint density at radius 2 is 1.62 bits per heavy atom. The van der Waals surface area contributed by atoms with Crippen molar-refractivity contribution < 1.29 is 26.9 Å². The van der Waals surface area contributed by atoms with Gasteiger partial charge in [-0.05, 0) is 43.4 Å². The van der Waals surface area contributed by atoms with E-state index in [1.807, 2.05) is 4.90 Å². The molecule has 2 heterocycles. The third-order valence-corrected chi connectivity index (χ3v) is 8.91. The third-order valence-electron chi connectivity index (χ3n) is 7.06. The molecule has 2 aliphatic rings. The molecule has 14 heteroatoms. The van der Waals surface area contributed by atoms with Gasteiger partial charge in [0, 0.05) is 44.4 Å². The molecule has 212 valence electrons. The molecule has 1 saturated carbocycles. The highest BCUT2D eigenvalue weighted by Gasteiger charge is 2.31. The van der Waals surface area contributed by atoms with Crippen molar-refractivity contribution in [1.82, 2.24) is 14.1 Å². The molecule has 0 radical (unpaired) electrons. The molecular formula is C26H27F2N5O6S. The van der Waals surface area contributed by atoms with Crippen LogP contribution >= 0.6 is 0 Å². The number of piperazine rings is 1. The number of hydrogen-bond acceptors (Lipinski definition) is 8. The summed E-state index contributed by atoms with van der Waals surface area (Å²) in [6.45, 7) is 0.771. The summed E-state index contributed by atoms with van der Waals surface area (Å²) >= 11 is 0. The Hall–Kier alpha value is -3.91. The zero-order valence-corrected chi connectivity index (χ0v) is 22.2. The Bertz CT molecular complexity index is 1550. The molecule has 0 atom stereocenters. The van der Waals surface area contributed by atoms with Crippen LogP contribution in [0.3, 0.4) is 0 Å². The minimum atomic E-state index is -3.71. The highest BCUT2D eigenvalue weighted by atomic mass is 32.2. The van der Waals surface area contributed by atoms with Crippen LogP contribution < -0.4 is 15.2 Å². The van der Waals surface area contributed by atoms with E-state index in [2.05, 4.69) is 5.10 Å². The number of nitro groups is 1. The van der Waals surface area contributed by atoms with E-state index in [4.69, 9.17) is 4.74 Å². The summed E-state index contributed by atoms with van der Waals surface area (Å²) in [5, 5.41) is 15.0. The van der Waals surface area contributed by atoms with E-state index in [0.29, 0.717) is 17.3 Å². The molecule has 0 unspecified atom stereocenters. The van der Waals surface area contributed by atoms with Crippen molar-refractivity contribution in [3.8, 4) is 11.4 Å². The summed E-state index contributed by atoms with van der Waals surface area (Å²) in [4.78, 5) is 25.6. The summed E-state index contributed by atoms with van der Waals surface area (Å²) in [6.07, 6.45) is 4.67. The fraction of sp³-hybridized carbons (Fsp3) is 0.385. The number of nitro benzene ring substituents is 1. The van der Waals surface area contributed by atoms with Gasteiger partial charge in [-0.25, -0.2) is 17.2 Å². The van der Waals surface area contributed by atoms with Gasteiger partial charge in [0.15, 0.2) is 0 Å². The van der Waals surface area contributed by atoms with Crippen molar-refractivity contribution in [3.05, 3.63) is 86.3 Å². The molecular weight excluding hydrogens is 548 g/mol. The van der Waals surface area contributed by atoms with Crippen LogP contribution in [-0.2, 0) is 15.8 Å². The number of nitrogens with zero attached hydrogens (tertiary/aromatic N) is 5. The van der Waals surface area contributed by atoms with Crippen LogP contribution in [0.5, 0.6) is 5.75 Å². The molecule has 40 heavy (non-hydrogen) atoms. The van der Waals surface area contributed by atoms with E-state index >= 15 is 0 Å². The topological polar surface area (TPSA) is 128 Å². The number of non-ortho nitro benzene ring substituents is 1. The number of hydrogen-bond donors (Lipinski definition) is 0. The molecule has 11 nitrogen and oxygen atoms in total. The number of aromatic nitrogens is 2. The number of anilines is 1. The van der Waals surface area contributed by atoms with Crippen molar-refractivity contribution >= 4 is 21.4 Å². The van der Waals surface area contributed by atoms with Gasteiger partial charge < -0.3 is 9.64 Å². The van der Waals surface area contributed by atoms with Crippen LogP contribution in [0, 0.1) is 21.7 Å². The van der Waals surface area contributed by atoms with Crippen molar-refractivity contribution in [2.45, 2.75) is 37.5 Å². The van der Waals surface area contributed by atoms with Gasteiger partial charge in [0.1, 0.15) is 17.3 Å². The van der Waals surface area contributed by atoms with Gasteiger partial charge in [0.05, 0.1) is 28.7 Å². The van der Waals surface area contributed by atoms with E-state index in [9.17, 15) is 32.1 Å². The first-order valence-electron chi connectivity index (χ1n) is 12.8. The second kappa shape index (κ2) is 11.3. The minimum Gasteiger partial charge on any atom is -0.483 e. The lowest BCUT2D eigenvalue weighted by Crippen LogP contribution is -2.49. The van der Waals surface area contributed by atoms with E-state index in [1.165, 1.54) is 34.8 Å². The second-order valence-electron chi connectivity index (χ2n) is 9.79. The van der Waals surface area contributed by atoms with Gasteiger partial charge in [-0.1, -0.05) is 12.1 Å². The lowest BCUT2D eigenvalue weighted by atomic mass is 10.2. The largest absolute Gasteiger partial charge is 0.483 e. The lowest BCUT2D eigenvalue weighted by molar-refractivity contribution is -0.384. The molecule has 2 aromatic carbocycles. The normalized spacial score (nSPS) is 16.8. The van der Waals surface area contributed by atoms with Gasteiger partial charge in [-0.3, -0.25) is 14.9 Å². The number of rotatable bonds is 8. The molecule has 0 bridgehead atoms. The van der Waals surface area contributed by atoms with Gasteiger partial charge >= 0.3 is 5.56 Å². The highest BCUT2D eigenvalue weighted by molar-refractivity contribution is 7.88. The molecule has 2 fully saturated rings. The summed E-state index contributed by atoms with van der Waals surface area (Å²) in [5.74, 6) is -1.99. The summed E-state index contributed by atoms with van der Waals surface area (Å²) in [7, 11) is -3.71. The predicted molar refractivity (Wildman–Crippen MR) is 142 cm³/mol. The van der Waals surface area contributed by atoms with Gasteiger partial charge in [-0.2, -0.15) is 14.1 Å². The summed E-state index contributed by atoms with van der Waals surface area (Å²) in [6, 6.07) is 8.09. The fourth-order valence-corrected chi connectivity index (χ4v) is 6.52. The average Bonchev–Trinajstić information content (AvgIpc) is 3.43. The molecule has 1 saturated heterocycles. The fourth-order valence-electron chi connectivity index (χ4n) is 5.01. The van der Waals surface area contributed by atoms with Gasteiger partial charge in [-0.15, -0.1) is 0 Å². The summed E-state index contributed by atoms with van der Waals surface area (Å²) < 4.78 is 62.2. The molecule has 0 N–H and O–H groups in total. The van der Waals surface area contributed by atoms with Gasteiger partial charge in [0.2, 0.25) is 15.8 Å². The van der Waals surface area contributed by atoms with E-state index in [0.717, 1.165) is 42.5 Å². The Morgan fingerprint density at radius 1 is 1.00 bits per heavy atom. The first-order valence-corrected chi connectivity index (χ1v) is 14.4. The highest BCUT2D eigenvalue weighted by Crippen LogP contribution is 2.31. The number of ether oxygens (including phenoxy) is 1. The van der Waals surface area contributed by atoms with Gasteiger partial charge in [0.25, 0.3) is 5.69 Å². The van der Waals surface area contributed by atoms with Crippen LogP contribution in [0.2, 0.25) is 0 Å². The van der Waals surface area contributed by atoms with Crippen LogP contribution in [0.4, 0.5) is 20.2 Å². The van der Waals surface area contributed by atoms with Crippen LogP contribution in [-0.4, -0.2) is 59.7 Å². The maximum absolute atomic E-state index is 13.9. The second-order valence-corrected chi connectivity index (χ2v) is 11.8. The van der Waals surface area contributed by atoms with Crippen molar-refractivity contribution in [2.75, 3.05) is 31.1 Å². The SMILES string of the molecule is O=c1c(OC2CCCC2)c(N2CCN(S(=O)(=O)Cc3ccc([N+](=O)[O-])cc3)CC2)cnn1-c1cc(F)cc(F)c1. The van der Waals surface area contributed by atoms with E-state index < -0.39 is 32.1 Å². The smallest absolute Gasteiger partial charge is 0.316 e. The maximum Gasteiger partial charge on any atom is 0.316 e. The zero-order chi connectivity index (χ0) is 28.4. The Balaban J connectivity index is 1.36. The maximum atomic E-state index is 13.9. The lowest BCUT2D eigenvalue weighted by Gasteiger charge is -2.36. The van der Waals surface area contributed by atoms with Crippen molar-refractivity contribution in [3.63, 3.8) is 0 Å².